The summed E-state index contributed by atoms with van der Waals surface area (Å²) in [5, 5.41) is 26.2. The Morgan fingerprint density at radius 1 is 1.23 bits per heavy atom. The second-order valence-electron chi connectivity index (χ2n) is 2.61. The number of nitrogens with zero attached hydrogens (tertiary/aromatic N) is 2. The summed E-state index contributed by atoms with van der Waals surface area (Å²) in [5.74, 6) is 0. The molecule has 0 aliphatic heterocycles. The van der Waals surface area contributed by atoms with E-state index in [1.165, 1.54) is 0 Å². The zero-order chi connectivity index (χ0) is 9.68. The smallest absolute Gasteiger partial charge is 0.0991 e. The van der Waals surface area contributed by atoms with Crippen molar-refractivity contribution in [3.8, 4) is 12.1 Å². The summed E-state index contributed by atoms with van der Waals surface area (Å²) in [7, 11) is 0. The van der Waals surface area contributed by atoms with E-state index in [9.17, 15) is 5.11 Å². The summed E-state index contributed by atoms with van der Waals surface area (Å²) in [5.41, 5.74) is 1.22. The molecule has 1 atom stereocenters. The van der Waals surface area contributed by atoms with E-state index in [2.05, 4.69) is 0 Å². The highest BCUT2D eigenvalue weighted by molar-refractivity contribution is 5.32. The standard InChI is InChI=1S/C10H8N2O/c11-6-5-10(13)9-3-1-8(7-12)2-4-9/h1-4,10,13H,5H2/t10-/m1/s1. The van der Waals surface area contributed by atoms with E-state index in [1.54, 1.807) is 24.3 Å². The van der Waals surface area contributed by atoms with Crippen LogP contribution in [-0.2, 0) is 0 Å². The fourth-order valence-corrected chi connectivity index (χ4v) is 0.984. The van der Waals surface area contributed by atoms with E-state index in [-0.39, 0.29) is 6.42 Å². The van der Waals surface area contributed by atoms with Crippen molar-refractivity contribution >= 4 is 0 Å². The van der Waals surface area contributed by atoms with E-state index >= 15 is 0 Å². The minimum absolute atomic E-state index is 0.0753. The van der Waals surface area contributed by atoms with Crippen molar-refractivity contribution in [1.29, 1.82) is 10.5 Å². The minimum atomic E-state index is -0.752. The van der Waals surface area contributed by atoms with Crippen molar-refractivity contribution in [2.45, 2.75) is 12.5 Å². The molecular formula is C10H8N2O. The number of hydrogen-bond acceptors (Lipinski definition) is 3. The topological polar surface area (TPSA) is 67.8 Å². The van der Waals surface area contributed by atoms with Crippen LogP contribution in [0.25, 0.3) is 0 Å². The van der Waals surface area contributed by atoms with Crippen LogP contribution >= 0.6 is 0 Å². The number of aliphatic hydroxyl groups is 1. The number of benzene rings is 1. The number of rotatable bonds is 2. The first-order valence-electron chi connectivity index (χ1n) is 3.83. The maximum absolute atomic E-state index is 9.38. The van der Waals surface area contributed by atoms with E-state index in [0.29, 0.717) is 11.1 Å². The molecule has 1 aromatic rings. The summed E-state index contributed by atoms with van der Waals surface area (Å²) in [6.45, 7) is 0. The van der Waals surface area contributed by atoms with Crippen LogP contribution in [0.1, 0.15) is 23.7 Å². The lowest BCUT2D eigenvalue weighted by atomic mass is 10.1. The average molecular weight is 172 g/mol. The average Bonchev–Trinajstić information content (AvgIpc) is 2.18. The molecule has 1 rings (SSSR count). The molecule has 1 aromatic carbocycles. The Bertz CT molecular complexity index is 356. The van der Waals surface area contributed by atoms with Crippen LogP contribution in [0.3, 0.4) is 0 Å². The molecule has 0 aliphatic carbocycles. The SMILES string of the molecule is N#CC[C@@H](O)c1ccc(C#N)cc1. The van der Waals surface area contributed by atoms with Gasteiger partial charge in [0.05, 0.1) is 30.2 Å². The lowest BCUT2D eigenvalue weighted by molar-refractivity contribution is 0.183. The van der Waals surface area contributed by atoms with Crippen molar-refractivity contribution in [3.63, 3.8) is 0 Å². The van der Waals surface area contributed by atoms with Crippen LogP contribution in [0.4, 0.5) is 0 Å². The zero-order valence-electron chi connectivity index (χ0n) is 6.94. The summed E-state index contributed by atoms with van der Waals surface area (Å²) >= 11 is 0. The monoisotopic (exact) mass is 172 g/mol. The van der Waals surface area contributed by atoms with Gasteiger partial charge in [-0.1, -0.05) is 12.1 Å². The lowest BCUT2D eigenvalue weighted by Crippen LogP contribution is -1.95. The second-order valence-corrected chi connectivity index (χ2v) is 2.61. The van der Waals surface area contributed by atoms with Gasteiger partial charge in [0.25, 0.3) is 0 Å². The first kappa shape index (κ1) is 9.25. The number of hydrogen-bond donors (Lipinski definition) is 1. The third-order valence-corrected chi connectivity index (χ3v) is 1.71. The van der Waals surface area contributed by atoms with E-state index in [1.807, 2.05) is 12.1 Å². The summed E-state index contributed by atoms with van der Waals surface area (Å²) in [4.78, 5) is 0. The molecule has 3 nitrogen and oxygen atoms in total. The lowest BCUT2D eigenvalue weighted by Gasteiger charge is -2.05. The Morgan fingerprint density at radius 2 is 1.85 bits per heavy atom. The van der Waals surface area contributed by atoms with Crippen molar-refractivity contribution in [3.05, 3.63) is 35.4 Å². The van der Waals surface area contributed by atoms with Crippen LogP contribution in [0, 0.1) is 22.7 Å². The number of nitriles is 2. The molecule has 0 fully saturated rings. The molecule has 0 heterocycles. The van der Waals surface area contributed by atoms with Crippen molar-refractivity contribution in [1.82, 2.24) is 0 Å². The molecule has 0 saturated heterocycles. The molecular weight excluding hydrogens is 164 g/mol. The van der Waals surface area contributed by atoms with Crippen LogP contribution in [0.15, 0.2) is 24.3 Å². The molecule has 0 saturated carbocycles. The molecule has 0 aromatic heterocycles. The van der Waals surface area contributed by atoms with Gasteiger partial charge in [0.15, 0.2) is 0 Å². The molecule has 64 valence electrons. The van der Waals surface area contributed by atoms with Gasteiger partial charge < -0.3 is 5.11 Å². The molecule has 0 radical (unpaired) electrons. The Labute approximate surface area is 76.5 Å². The molecule has 3 heteroatoms. The maximum Gasteiger partial charge on any atom is 0.0991 e. The van der Waals surface area contributed by atoms with Crippen LogP contribution in [0.2, 0.25) is 0 Å². The zero-order valence-corrected chi connectivity index (χ0v) is 6.94. The first-order chi connectivity index (χ1) is 6.27. The Kier molecular flexibility index (Phi) is 3.03. The summed E-state index contributed by atoms with van der Waals surface area (Å²) < 4.78 is 0. The predicted molar refractivity (Wildman–Crippen MR) is 46.3 cm³/mol. The van der Waals surface area contributed by atoms with Gasteiger partial charge in [-0.3, -0.25) is 0 Å². The highest BCUT2D eigenvalue weighted by Crippen LogP contribution is 2.15. The quantitative estimate of drug-likeness (QED) is 0.735. The largest absolute Gasteiger partial charge is 0.387 e. The minimum Gasteiger partial charge on any atom is -0.387 e. The summed E-state index contributed by atoms with van der Waals surface area (Å²) in [6.07, 6.45) is -0.677. The second kappa shape index (κ2) is 4.25. The van der Waals surface area contributed by atoms with E-state index < -0.39 is 6.10 Å². The molecule has 0 amide bonds. The van der Waals surface area contributed by atoms with Gasteiger partial charge in [0.1, 0.15) is 0 Å². The molecule has 0 aliphatic rings. The highest BCUT2D eigenvalue weighted by atomic mass is 16.3. The van der Waals surface area contributed by atoms with Gasteiger partial charge in [-0.15, -0.1) is 0 Å². The van der Waals surface area contributed by atoms with Crippen LogP contribution < -0.4 is 0 Å². The van der Waals surface area contributed by atoms with Gasteiger partial charge in [-0.05, 0) is 17.7 Å². The van der Waals surface area contributed by atoms with Gasteiger partial charge in [0.2, 0.25) is 0 Å². The molecule has 0 bridgehead atoms. The van der Waals surface area contributed by atoms with Gasteiger partial charge in [0, 0.05) is 0 Å². The normalized spacial score (nSPS) is 11.3. The molecule has 0 unspecified atom stereocenters. The van der Waals surface area contributed by atoms with Gasteiger partial charge >= 0.3 is 0 Å². The third kappa shape index (κ3) is 2.30. The van der Waals surface area contributed by atoms with E-state index in [4.69, 9.17) is 10.5 Å². The van der Waals surface area contributed by atoms with Gasteiger partial charge in [-0.2, -0.15) is 10.5 Å². The molecule has 1 N–H and O–H groups in total. The number of aliphatic hydroxyl groups excluding tert-OH is 1. The predicted octanol–water partition coefficient (Wildman–Crippen LogP) is 1.51. The maximum atomic E-state index is 9.38. The Balaban J connectivity index is 2.82. The van der Waals surface area contributed by atoms with Crippen molar-refractivity contribution in [2.24, 2.45) is 0 Å². The Morgan fingerprint density at radius 3 is 2.31 bits per heavy atom. The fraction of sp³-hybridized carbons (Fsp3) is 0.200. The van der Waals surface area contributed by atoms with Crippen LogP contribution in [0.5, 0.6) is 0 Å². The van der Waals surface area contributed by atoms with Crippen LogP contribution in [-0.4, -0.2) is 5.11 Å². The Hall–Kier alpha value is -1.84. The van der Waals surface area contributed by atoms with E-state index in [0.717, 1.165) is 0 Å². The molecule has 0 spiro atoms. The third-order valence-electron chi connectivity index (χ3n) is 1.71. The fourth-order valence-electron chi connectivity index (χ4n) is 0.984. The summed E-state index contributed by atoms with van der Waals surface area (Å²) in [6, 6.07) is 10.4. The highest BCUT2D eigenvalue weighted by Gasteiger charge is 2.05. The first-order valence-corrected chi connectivity index (χ1v) is 3.83. The van der Waals surface area contributed by atoms with Gasteiger partial charge in [-0.25, -0.2) is 0 Å². The van der Waals surface area contributed by atoms with Crippen molar-refractivity contribution < 1.29 is 5.11 Å². The van der Waals surface area contributed by atoms with Crippen molar-refractivity contribution in [2.75, 3.05) is 0 Å². The molecule has 13 heavy (non-hydrogen) atoms.